The minimum atomic E-state index is 0. The first-order valence-corrected chi connectivity index (χ1v) is 4.55. The van der Waals surface area contributed by atoms with Gasteiger partial charge in [-0.3, -0.25) is 0 Å². The van der Waals surface area contributed by atoms with Crippen LogP contribution in [0.2, 0.25) is 5.02 Å². The van der Waals surface area contributed by atoms with E-state index in [0.717, 1.165) is 5.02 Å². The maximum absolute atomic E-state index is 5.80. The van der Waals surface area contributed by atoms with Crippen LogP contribution in [0.1, 0.15) is 2.85 Å². The van der Waals surface area contributed by atoms with Crippen LogP contribution in [0.3, 0.4) is 0 Å². The molecule has 0 aliphatic rings. The van der Waals surface area contributed by atoms with Crippen molar-refractivity contribution in [2.24, 2.45) is 0 Å². The fourth-order valence-corrected chi connectivity index (χ4v) is 1.40. The Hall–Kier alpha value is -0.0752. The maximum atomic E-state index is 5.80. The Bertz CT molecular complexity index is 393. The van der Waals surface area contributed by atoms with E-state index in [4.69, 9.17) is 11.6 Å². The summed E-state index contributed by atoms with van der Waals surface area (Å²) in [7, 11) is 0. The third-order valence-electron chi connectivity index (χ3n) is 1.95. The Morgan fingerprint density at radius 3 is 1.67 bits per heavy atom. The first-order chi connectivity index (χ1) is 6.36. The molecular formula is C12H11ClLi2. The number of hydrogen-bond acceptors (Lipinski definition) is 0. The Labute approximate surface area is 122 Å². The molecule has 3 heteroatoms. The van der Waals surface area contributed by atoms with Gasteiger partial charge in [-0.25, -0.2) is 0 Å². The molecule has 0 radical (unpaired) electrons. The van der Waals surface area contributed by atoms with Gasteiger partial charge in [-0.1, -0.05) is 54.1 Å². The van der Waals surface area contributed by atoms with Crippen LogP contribution in [0.15, 0.2) is 54.6 Å². The van der Waals surface area contributed by atoms with E-state index in [2.05, 4.69) is 12.1 Å². The first kappa shape index (κ1) is 14.9. The average Bonchev–Trinajstić information content (AvgIpc) is 2.20. The predicted molar refractivity (Wildman–Crippen MR) is 59.1 cm³/mol. The molecule has 0 aromatic heterocycles. The molecule has 2 rings (SSSR count). The van der Waals surface area contributed by atoms with Crippen molar-refractivity contribution >= 4 is 11.6 Å². The molecule has 0 saturated carbocycles. The number of hydrogen-bond donors (Lipinski definition) is 0. The second-order valence-electron chi connectivity index (χ2n) is 2.87. The van der Waals surface area contributed by atoms with Crippen molar-refractivity contribution in [3.05, 3.63) is 59.6 Å². The van der Waals surface area contributed by atoms with Gasteiger partial charge in [0.15, 0.2) is 0 Å². The van der Waals surface area contributed by atoms with Crippen molar-refractivity contribution in [2.75, 3.05) is 0 Å². The number of benzene rings is 2. The molecule has 0 aliphatic heterocycles. The van der Waals surface area contributed by atoms with Crippen LogP contribution < -0.4 is 37.7 Å². The first-order valence-electron chi connectivity index (χ1n) is 4.17. The molecule has 0 amide bonds. The molecular weight excluding hydrogens is 193 g/mol. The van der Waals surface area contributed by atoms with Gasteiger partial charge in [-0.15, -0.1) is 0 Å². The molecule has 0 unspecified atom stereocenters. The third-order valence-corrected chi connectivity index (χ3v) is 2.20. The van der Waals surface area contributed by atoms with Gasteiger partial charge in [0.1, 0.15) is 0 Å². The molecule has 68 valence electrons. The summed E-state index contributed by atoms with van der Waals surface area (Å²) in [5.74, 6) is 0. The largest absolute Gasteiger partial charge is 1.00 e. The molecule has 0 saturated heterocycles. The predicted octanol–water partition coefficient (Wildman–Crippen LogP) is -1.76. The number of rotatable bonds is 1. The summed E-state index contributed by atoms with van der Waals surface area (Å²) in [5, 5.41) is 0.777. The van der Waals surface area contributed by atoms with Crippen LogP contribution in [0.5, 0.6) is 0 Å². The fraction of sp³-hybridized carbons (Fsp3) is 0. The second-order valence-corrected chi connectivity index (χ2v) is 3.31. The van der Waals surface area contributed by atoms with Gasteiger partial charge in [0.05, 0.1) is 0 Å². The minimum Gasteiger partial charge on any atom is -1.00 e. The summed E-state index contributed by atoms with van der Waals surface area (Å²) in [4.78, 5) is 0. The summed E-state index contributed by atoms with van der Waals surface area (Å²) in [6.07, 6.45) is 0. The Morgan fingerprint density at radius 1 is 0.667 bits per heavy atom. The van der Waals surface area contributed by atoms with E-state index in [0.29, 0.717) is 0 Å². The molecule has 0 bridgehead atoms. The average molecular weight is 205 g/mol. The molecule has 2 aromatic rings. The molecule has 15 heavy (non-hydrogen) atoms. The molecule has 0 atom stereocenters. The van der Waals surface area contributed by atoms with Gasteiger partial charge in [0.25, 0.3) is 0 Å². The van der Waals surface area contributed by atoms with E-state index in [1.165, 1.54) is 11.1 Å². The van der Waals surface area contributed by atoms with Crippen molar-refractivity contribution < 1.29 is 40.6 Å². The molecule has 2 aromatic carbocycles. The Balaban J connectivity index is -0.000000490. The monoisotopic (exact) mass is 204 g/mol. The van der Waals surface area contributed by atoms with Gasteiger partial charge >= 0.3 is 37.7 Å². The van der Waals surface area contributed by atoms with Crippen LogP contribution in [0.4, 0.5) is 0 Å². The van der Waals surface area contributed by atoms with Crippen molar-refractivity contribution in [1.29, 1.82) is 0 Å². The zero-order valence-corrected chi connectivity index (χ0v) is 9.83. The SMILES string of the molecule is Clc1ccc(-c2ccccc2)cc1.[H-].[H-].[Li+].[Li+]. The van der Waals surface area contributed by atoms with E-state index in [1.54, 1.807) is 0 Å². The molecule has 0 heterocycles. The smallest absolute Gasteiger partial charge is 1.00 e. The van der Waals surface area contributed by atoms with Gasteiger partial charge in [0, 0.05) is 5.02 Å². The summed E-state index contributed by atoms with van der Waals surface area (Å²) < 4.78 is 0. The van der Waals surface area contributed by atoms with E-state index in [-0.39, 0.29) is 40.6 Å². The zero-order valence-electron chi connectivity index (χ0n) is 11.1. The van der Waals surface area contributed by atoms with Crippen LogP contribution in [-0.4, -0.2) is 0 Å². The Kier molecular flexibility index (Phi) is 7.20. The fourth-order valence-electron chi connectivity index (χ4n) is 1.27. The molecule has 0 nitrogen and oxygen atoms in total. The van der Waals surface area contributed by atoms with Crippen molar-refractivity contribution in [1.82, 2.24) is 0 Å². The summed E-state index contributed by atoms with van der Waals surface area (Å²) in [6.45, 7) is 0. The van der Waals surface area contributed by atoms with E-state index in [9.17, 15) is 0 Å². The summed E-state index contributed by atoms with van der Waals surface area (Å²) >= 11 is 5.80. The van der Waals surface area contributed by atoms with Crippen molar-refractivity contribution in [3.63, 3.8) is 0 Å². The molecule has 0 fully saturated rings. The van der Waals surface area contributed by atoms with Crippen LogP contribution in [0, 0.1) is 0 Å². The molecule has 0 N–H and O–H groups in total. The van der Waals surface area contributed by atoms with Crippen LogP contribution in [-0.2, 0) is 0 Å². The van der Waals surface area contributed by atoms with Crippen LogP contribution in [0.25, 0.3) is 11.1 Å². The second kappa shape index (κ2) is 7.24. The zero-order chi connectivity index (χ0) is 9.10. The Morgan fingerprint density at radius 2 is 1.13 bits per heavy atom. The van der Waals surface area contributed by atoms with E-state index < -0.39 is 0 Å². The van der Waals surface area contributed by atoms with Gasteiger partial charge in [-0.2, -0.15) is 0 Å². The van der Waals surface area contributed by atoms with Gasteiger partial charge in [0.2, 0.25) is 0 Å². The summed E-state index contributed by atoms with van der Waals surface area (Å²) in [6, 6.07) is 18.1. The summed E-state index contributed by atoms with van der Waals surface area (Å²) in [5.41, 5.74) is 2.42. The minimum absolute atomic E-state index is 0. The number of halogens is 1. The third kappa shape index (κ3) is 4.12. The van der Waals surface area contributed by atoms with E-state index in [1.807, 2.05) is 42.5 Å². The molecule has 0 aliphatic carbocycles. The quantitative estimate of drug-likeness (QED) is 0.483. The molecule has 0 spiro atoms. The van der Waals surface area contributed by atoms with E-state index >= 15 is 0 Å². The van der Waals surface area contributed by atoms with Crippen molar-refractivity contribution in [3.8, 4) is 11.1 Å². The normalized spacial score (nSPS) is 8.60. The van der Waals surface area contributed by atoms with Crippen molar-refractivity contribution in [2.45, 2.75) is 0 Å². The topological polar surface area (TPSA) is 0 Å². The van der Waals surface area contributed by atoms with Gasteiger partial charge in [-0.05, 0) is 23.3 Å². The maximum Gasteiger partial charge on any atom is 1.00 e. The van der Waals surface area contributed by atoms with Gasteiger partial charge < -0.3 is 2.85 Å². The standard InChI is InChI=1S/C12H9Cl.2Li.2H/c13-12-8-6-11(7-9-12)10-4-2-1-3-5-10;;;;/h1-9H;;;;/q;2*+1;2*-1. The van der Waals surface area contributed by atoms with Crippen LogP contribution >= 0.6 is 11.6 Å².